The van der Waals surface area contributed by atoms with Gasteiger partial charge >= 0.3 is 0 Å². The molecule has 118 valence electrons. The summed E-state index contributed by atoms with van der Waals surface area (Å²) < 4.78 is 0. The number of hydrogen-bond acceptors (Lipinski definition) is 2. The lowest BCUT2D eigenvalue weighted by Gasteiger charge is -2.41. The number of nitrogens with one attached hydrogen (secondary N) is 1. The van der Waals surface area contributed by atoms with Gasteiger partial charge in [-0.15, -0.1) is 0 Å². The van der Waals surface area contributed by atoms with Crippen molar-refractivity contribution in [2.45, 2.75) is 59.4 Å². The molecule has 1 aliphatic heterocycles. The highest BCUT2D eigenvalue weighted by Gasteiger charge is 2.30. The van der Waals surface area contributed by atoms with Crippen LogP contribution in [0.15, 0.2) is 24.3 Å². The lowest BCUT2D eigenvalue weighted by Crippen LogP contribution is -2.46. The van der Waals surface area contributed by atoms with Gasteiger partial charge in [0.05, 0.1) is 0 Å². The van der Waals surface area contributed by atoms with Crippen LogP contribution in [0.4, 0.5) is 5.69 Å². The minimum atomic E-state index is 0.384. The second-order valence-corrected chi connectivity index (χ2v) is 6.90. The fourth-order valence-electron chi connectivity index (χ4n) is 3.38. The third-order valence-electron chi connectivity index (χ3n) is 5.12. The fourth-order valence-corrected chi connectivity index (χ4v) is 3.38. The third-order valence-corrected chi connectivity index (χ3v) is 5.12. The van der Waals surface area contributed by atoms with Gasteiger partial charge in [-0.3, -0.25) is 0 Å². The first kappa shape index (κ1) is 16.4. The van der Waals surface area contributed by atoms with Gasteiger partial charge in [-0.2, -0.15) is 0 Å². The predicted octanol–water partition coefficient (Wildman–Crippen LogP) is 4.24. The first-order valence-corrected chi connectivity index (χ1v) is 8.66. The summed E-state index contributed by atoms with van der Waals surface area (Å²) in [6.07, 6.45) is 5.00. The molecule has 2 nitrogen and oxygen atoms in total. The maximum absolute atomic E-state index is 3.68. The largest absolute Gasteiger partial charge is 0.371 e. The summed E-state index contributed by atoms with van der Waals surface area (Å²) in [6, 6.07) is 9.53. The topological polar surface area (TPSA) is 15.3 Å². The van der Waals surface area contributed by atoms with Gasteiger partial charge in [-0.25, -0.2) is 0 Å². The summed E-state index contributed by atoms with van der Waals surface area (Å²) in [6.45, 7) is 12.7. The molecule has 1 aliphatic rings. The molecule has 0 amide bonds. The minimum Gasteiger partial charge on any atom is -0.371 e. The van der Waals surface area contributed by atoms with Crippen molar-refractivity contribution < 1.29 is 0 Å². The molecule has 0 atom stereocenters. The molecule has 0 aliphatic carbocycles. The molecule has 0 fully saturated rings. The summed E-state index contributed by atoms with van der Waals surface area (Å²) in [7, 11) is 0. The van der Waals surface area contributed by atoms with Gasteiger partial charge in [-0.1, -0.05) is 45.9 Å². The van der Waals surface area contributed by atoms with Crippen molar-refractivity contribution in [3.05, 3.63) is 29.8 Å². The van der Waals surface area contributed by atoms with Crippen molar-refractivity contribution >= 4 is 5.69 Å². The van der Waals surface area contributed by atoms with Crippen molar-refractivity contribution in [3.8, 4) is 0 Å². The summed E-state index contributed by atoms with van der Waals surface area (Å²) in [5, 5.41) is 3.68. The van der Waals surface area contributed by atoms with Crippen LogP contribution in [-0.4, -0.2) is 25.7 Å². The summed E-state index contributed by atoms with van der Waals surface area (Å²) in [4.78, 5) is 2.63. The number of rotatable bonds is 7. The average molecular weight is 288 g/mol. The highest BCUT2D eigenvalue weighted by atomic mass is 15.1. The van der Waals surface area contributed by atoms with E-state index in [2.05, 4.69) is 62.2 Å². The van der Waals surface area contributed by atoms with E-state index in [0.29, 0.717) is 11.5 Å². The Morgan fingerprint density at radius 2 is 1.90 bits per heavy atom. The smallest absolute Gasteiger partial charge is 0.0398 e. The van der Waals surface area contributed by atoms with Crippen molar-refractivity contribution in [3.63, 3.8) is 0 Å². The number of hydrogen-bond donors (Lipinski definition) is 1. The van der Waals surface area contributed by atoms with Crippen molar-refractivity contribution in [2.75, 3.05) is 24.5 Å². The molecule has 1 aromatic rings. The second-order valence-electron chi connectivity index (χ2n) is 6.90. The molecule has 0 aromatic heterocycles. The number of anilines is 1. The Morgan fingerprint density at radius 1 is 1.19 bits per heavy atom. The van der Waals surface area contributed by atoms with Gasteiger partial charge in [0.25, 0.3) is 0 Å². The SMILES string of the molecule is CCC(CC)(CNC(C)C)CN1CCCc2ccccc21. The van der Waals surface area contributed by atoms with Crippen LogP contribution < -0.4 is 10.2 Å². The quantitative estimate of drug-likeness (QED) is 0.807. The first-order chi connectivity index (χ1) is 10.1. The highest BCUT2D eigenvalue weighted by Crippen LogP contribution is 2.33. The maximum atomic E-state index is 3.68. The van der Waals surface area contributed by atoms with E-state index < -0.39 is 0 Å². The highest BCUT2D eigenvalue weighted by molar-refractivity contribution is 5.55. The second kappa shape index (κ2) is 7.31. The molecule has 0 spiro atoms. The van der Waals surface area contributed by atoms with Crippen LogP contribution in [0.3, 0.4) is 0 Å². The molecule has 2 heteroatoms. The van der Waals surface area contributed by atoms with E-state index in [9.17, 15) is 0 Å². The number of benzene rings is 1. The summed E-state index contributed by atoms with van der Waals surface area (Å²) in [5.74, 6) is 0. The Morgan fingerprint density at radius 3 is 2.57 bits per heavy atom. The molecule has 21 heavy (non-hydrogen) atoms. The van der Waals surface area contributed by atoms with E-state index in [1.165, 1.54) is 50.0 Å². The fraction of sp³-hybridized carbons (Fsp3) is 0.684. The van der Waals surface area contributed by atoms with Crippen LogP contribution in [0.1, 0.15) is 52.5 Å². The zero-order valence-electron chi connectivity index (χ0n) is 14.3. The molecule has 1 heterocycles. The zero-order chi connectivity index (χ0) is 15.3. The standard InChI is InChI=1S/C19H32N2/c1-5-19(6-2,14-20-16(3)4)15-21-13-9-11-17-10-7-8-12-18(17)21/h7-8,10,12,16,20H,5-6,9,11,13-15H2,1-4H3. The van der Waals surface area contributed by atoms with E-state index in [1.54, 1.807) is 0 Å². The van der Waals surface area contributed by atoms with Crippen LogP contribution in [0, 0.1) is 5.41 Å². The first-order valence-electron chi connectivity index (χ1n) is 8.66. The van der Waals surface area contributed by atoms with E-state index in [1.807, 2.05) is 0 Å². The lowest BCUT2D eigenvalue weighted by atomic mass is 9.80. The Labute approximate surface area is 130 Å². The van der Waals surface area contributed by atoms with Gasteiger partial charge in [0.15, 0.2) is 0 Å². The number of nitrogens with zero attached hydrogens (tertiary/aromatic N) is 1. The van der Waals surface area contributed by atoms with Crippen LogP contribution in [0.2, 0.25) is 0 Å². The number of para-hydroxylation sites is 1. The molecule has 2 rings (SSSR count). The van der Waals surface area contributed by atoms with Crippen LogP contribution >= 0.6 is 0 Å². The Hall–Kier alpha value is -1.02. The maximum Gasteiger partial charge on any atom is 0.0398 e. The molecule has 0 saturated carbocycles. The third kappa shape index (κ3) is 4.00. The van der Waals surface area contributed by atoms with Crippen molar-refractivity contribution in [1.82, 2.24) is 5.32 Å². The Bertz CT molecular complexity index is 435. The van der Waals surface area contributed by atoms with Gasteiger partial charge in [0.2, 0.25) is 0 Å². The number of aryl methyl sites for hydroxylation is 1. The van der Waals surface area contributed by atoms with Crippen LogP contribution in [0.25, 0.3) is 0 Å². The Kier molecular flexibility index (Phi) is 5.69. The molecule has 1 N–H and O–H groups in total. The van der Waals surface area contributed by atoms with E-state index in [-0.39, 0.29) is 0 Å². The van der Waals surface area contributed by atoms with Crippen LogP contribution in [-0.2, 0) is 6.42 Å². The number of fused-ring (bicyclic) bond motifs is 1. The molecule has 1 aromatic carbocycles. The summed E-state index contributed by atoms with van der Waals surface area (Å²) in [5.41, 5.74) is 3.38. The van der Waals surface area contributed by atoms with E-state index in [0.717, 1.165) is 6.54 Å². The molecule has 0 saturated heterocycles. The van der Waals surface area contributed by atoms with Crippen molar-refractivity contribution in [2.24, 2.45) is 5.41 Å². The van der Waals surface area contributed by atoms with Crippen LogP contribution in [0.5, 0.6) is 0 Å². The molecular formula is C19H32N2. The molecule has 0 radical (unpaired) electrons. The van der Waals surface area contributed by atoms with E-state index >= 15 is 0 Å². The average Bonchev–Trinajstić information content (AvgIpc) is 2.51. The zero-order valence-corrected chi connectivity index (χ0v) is 14.3. The molecular weight excluding hydrogens is 256 g/mol. The Balaban J connectivity index is 2.14. The monoisotopic (exact) mass is 288 g/mol. The predicted molar refractivity (Wildman–Crippen MR) is 93.1 cm³/mol. The molecule has 0 unspecified atom stereocenters. The summed E-state index contributed by atoms with van der Waals surface area (Å²) >= 11 is 0. The normalized spacial score (nSPS) is 15.4. The van der Waals surface area contributed by atoms with Gasteiger partial charge in [0, 0.05) is 31.4 Å². The van der Waals surface area contributed by atoms with Gasteiger partial charge < -0.3 is 10.2 Å². The van der Waals surface area contributed by atoms with Crippen molar-refractivity contribution in [1.29, 1.82) is 0 Å². The van der Waals surface area contributed by atoms with E-state index in [4.69, 9.17) is 0 Å². The molecule has 0 bridgehead atoms. The minimum absolute atomic E-state index is 0.384. The lowest BCUT2D eigenvalue weighted by molar-refractivity contribution is 0.244. The van der Waals surface area contributed by atoms with Gasteiger partial charge in [0.1, 0.15) is 0 Å². The van der Waals surface area contributed by atoms with Gasteiger partial charge in [-0.05, 0) is 42.7 Å².